The Balaban J connectivity index is 0.00000420. The highest BCUT2D eigenvalue weighted by Gasteiger charge is 2.31. The Hall–Kier alpha value is -1.24. The number of carbonyl (C=O) groups is 1. The van der Waals surface area contributed by atoms with E-state index < -0.39 is 13.9 Å². The third kappa shape index (κ3) is 10.4. The summed E-state index contributed by atoms with van der Waals surface area (Å²) in [6, 6.07) is 8.83. The number of phosphoric acid groups is 1. The summed E-state index contributed by atoms with van der Waals surface area (Å²) in [5.74, 6) is 0.0410. The molecule has 1 saturated heterocycles. The molecule has 0 saturated carbocycles. The van der Waals surface area contributed by atoms with Crippen LogP contribution in [-0.4, -0.2) is 39.8 Å². The van der Waals surface area contributed by atoms with E-state index in [1.165, 1.54) is 36.8 Å². The summed E-state index contributed by atoms with van der Waals surface area (Å²) in [7, 11) is -4.48. The predicted molar refractivity (Wildman–Crippen MR) is 115 cm³/mol. The van der Waals surface area contributed by atoms with Gasteiger partial charge in [-0.05, 0) is 49.7 Å². The highest BCUT2D eigenvalue weighted by atomic mass is 31.2. The van der Waals surface area contributed by atoms with Gasteiger partial charge in [0, 0.05) is 19.5 Å². The summed E-state index contributed by atoms with van der Waals surface area (Å²) in [6.07, 6.45) is 9.40. The van der Waals surface area contributed by atoms with E-state index in [0.29, 0.717) is 19.4 Å². The van der Waals surface area contributed by atoms with Crippen molar-refractivity contribution in [3.05, 3.63) is 35.4 Å². The van der Waals surface area contributed by atoms with Gasteiger partial charge in [0.05, 0.1) is 6.10 Å². The van der Waals surface area contributed by atoms with Crippen molar-refractivity contribution in [1.29, 1.82) is 0 Å². The van der Waals surface area contributed by atoms with Crippen molar-refractivity contribution < 1.29 is 23.7 Å². The molecule has 0 aromatic heterocycles. The van der Waals surface area contributed by atoms with Crippen LogP contribution < -0.4 is 6.15 Å². The Morgan fingerprint density at radius 2 is 1.66 bits per heavy atom. The molecule has 1 heterocycles. The van der Waals surface area contributed by atoms with E-state index in [-0.39, 0.29) is 18.6 Å². The van der Waals surface area contributed by atoms with Crippen LogP contribution in [0.1, 0.15) is 69.4 Å². The maximum Gasteiger partial charge on any atom is 0.469 e. The maximum absolute atomic E-state index is 12.2. The van der Waals surface area contributed by atoms with Crippen molar-refractivity contribution in [1.82, 2.24) is 11.1 Å². The van der Waals surface area contributed by atoms with Crippen LogP contribution in [0.4, 0.5) is 0 Å². The van der Waals surface area contributed by atoms with Crippen molar-refractivity contribution in [2.45, 2.75) is 77.2 Å². The Kier molecular flexibility index (Phi) is 11.7. The van der Waals surface area contributed by atoms with Crippen LogP contribution in [0.2, 0.25) is 0 Å². The fourth-order valence-electron chi connectivity index (χ4n) is 3.63. The average molecular weight is 429 g/mol. The average Bonchev–Trinajstić information content (AvgIpc) is 3.10. The second-order valence-corrected chi connectivity index (χ2v) is 8.87. The van der Waals surface area contributed by atoms with Crippen LogP contribution >= 0.6 is 7.82 Å². The molecule has 0 aliphatic carbocycles. The van der Waals surface area contributed by atoms with Crippen molar-refractivity contribution in [3.63, 3.8) is 0 Å². The summed E-state index contributed by atoms with van der Waals surface area (Å²) in [5.41, 5.74) is 2.71. The number of hydrogen-bond acceptors (Lipinski definition) is 4. The summed E-state index contributed by atoms with van der Waals surface area (Å²) in [5, 5.41) is 0. The van der Waals surface area contributed by atoms with Gasteiger partial charge >= 0.3 is 7.82 Å². The standard InChI is InChI=1S/C21H34NO5P.H3N/c1-2-3-4-5-8-18-11-13-19(14-12-18)9-6-7-10-21(23)22-16-15-20(17-22)27-28(24,25)26;/h11-14,20H,2-10,15-17H2,1H3,(H2,24,25,26);1H3/t20-;/m1./s1. The Labute approximate surface area is 174 Å². The Morgan fingerprint density at radius 3 is 2.21 bits per heavy atom. The summed E-state index contributed by atoms with van der Waals surface area (Å²) < 4.78 is 15.6. The quantitative estimate of drug-likeness (QED) is 0.335. The van der Waals surface area contributed by atoms with Gasteiger partial charge < -0.3 is 20.8 Å². The van der Waals surface area contributed by atoms with Crippen LogP contribution in [0.25, 0.3) is 0 Å². The first-order valence-corrected chi connectivity index (χ1v) is 12.0. The zero-order valence-corrected chi connectivity index (χ0v) is 18.5. The lowest BCUT2D eigenvalue weighted by Crippen LogP contribution is -2.29. The lowest BCUT2D eigenvalue weighted by molar-refractivity contribution is -0.130. The van der Waals surface area contributed by atoms with Crippen molar-refractivity contribution in [2.24, 2.45) is 0 Å². The van der Waals surface area contributed by atoms with Crippen molar-refractivity contribution in [3.8, 4) is 0 Å². The van der Waals surface area contributed by atoms with E-state index >= 15 is 0 Å². The summed E-state index contributed by atoms with van der Waals surface area (Å²) >= 11 is 0. The van der Waals surface area contributed by atoms with Gasteiger partial charge in [-0.2, -0.15) is 0 Å². The van der Waals surface area contributed by atoms with Gasteiger partial charge in [0.25, 0.3) is 0 Å². The largest absolute Gasteiger partial charge is 0.469 e. The first kappa shape index (κ1) is 25.8. The molecule has 0 spiro atoms. The minimum Gasteiger partial charge on any atom is -0.344 e. The molecular formula is C21H37N2O5P. The maximum atomic E-state index is 12.2. The molecule has 0 bridgehead atoms. The Morgan fingerprint density at radius 1 is 1.07 bits per heavy atom. The highest BCUT2D eigenvalue weighted by Crippen LogP contribution is 2.39. The van der Waals surface area contributed by atoms with E-state index in [0.717, 1.165) is 25.7 Å². The van der Waals surface area contributed by atoms with Gasteiger partial charge in [-0.15, -0.1) is 0 Å². The van der Waals surface area contributed by atoms with Crippen LogP contribution in [0.5, 0.6) is 0 Å². The minimum absolute atomic E-state index is 0. The van der Waals surface area contributed by atoms with E-state index in [1.54, 1.807) is 4.90 Å². The third-order valence-corrected chi connectivity index (χ3v) is 5.80. The lowest BCUT2D eigenvalue weighted by atomic mass is 10.0. The molecule has 29 heavy (non-hydrogen) atoms. The number of phosphoric ester groups is 1. The molecule has 1 aromatic carbocycles. The number of rotatable bonds is 12. The van der Waals surface area contributed by atoms with E-state index in [2.05, 4.69) is 35.7 Å². The molecule has 1 aliphatic rings. The van der Waals surface area contributed by atoms with Gasteiger partial charge in [0.2, 0.25) is 5.91 Å². The molecule has 1 aliphatic heterocycles. The van der Waals surface area contributed by atoms with Crippen LogP contribution in [0.15, 0.2) is 24.3 Å². The second-order valence-electron chi connectivity index (χ2n) is 7.68. The zero-order valence-electron chi connectivity index (χ0n) is 17.6. The van der Waals surface area contributed by atoms with Gasteiger partial charge in [-0.3, -0.25) is 9.32 Å². The number of aryl methyl sites for hydroxylation is 2. The fraction of sp³-hybridized carbons (Fsp3) is 0.667. The molecule has 0 unspecified atom stereocenters. The van der Waals surface area contributed by atoms with E-state index in [9.17, 15) is 9.36 Å². The van der Waals surface area contributed by atoms with Gasteiger partial charge in [0.1, 0.15) is 0 Å². The predicted octanol–water partition coefficient (Wildman–Crippen LogP) is 4.39. The topological polar surface area (TPSA) is 122 Å². The molecule has 7 nitrogen and oxygen atoms in total. The van der Waals surface area contributed by atoms with Crippen molar-refractivity contribution >= 4 is 13.7 Å². The number of nitrogens with zero attached hydrogens (tertiary/aromatic N) is 1. The molecule has 166 valence electrons. The molecule has 1 amide bonds. The molecule has 2 rings (SSSR count). The van der Waals surface area contributed by atoms with Gasteiger partial charge in [0.15, 0.2) is 0 Å². The SMILES string of the molecule is CCCCCCc1ccc(CCCCC(=O)N2CC[C@@H](OP(=O)(O)O)C2)cc1.N. The Bertz CT molecular complexity index is 647. The van der Waals surface area contributed by atoms with Crippen LogP contribution in [0, 0.1) is 0 Å². The lowest BCUT2D eigenvalue weighted by Gasteiger charge is -2.17. The number of unbranched alkanes of at least 4 members (excludes halogenated alkanes) is 4. The third-order valence-electron chi connectivity index (χ3n) is 5.23. The molecule has 1 atom stereocenters. The molecular weight excluding hydrogens is 391 g/mol. The van der Waals surface area contributed by atoms with E-state index in [1.807, 2.05) is 0 Å². The highest BCUT2D eigenvalue weighted by molar-refractivity contribution is 7.46. The number of hydrogen-bond donors (Lipinski definition) is 3. The minimum atomic E-state index is -4.48. The first-order chi connectivity index (χ1) is 13.4. The molecule has 8 heteroatoms. The first-order valence-electron chi connectivity index (χ1n) is 10.5. The fourth-order valence-corrected chi connectivity index (χ4v) is 4.19. The normalized spacial score (nSPS) is 16.7. The second kappa shape index (κ2) is 13.1. The van der Waals surface area contributed by atoms with Crippen LogP contribution in [-0.2, 0) is 26.7 Å². The number of carbonyl (C=O) groups excluding carboxylic acids is 1. The number of amides is 1. The number of benzene rings is 1. The molecule has 1 aromatic rings. The summed E-state index contributed by atoms with van der Waals surface area (Å²) in [6.45, 7) is 3.00. The van der Waals surface area contributed by atoms with Gasteiger partial charge in [-0.1, -0.05) is 50.5 Å². The van der Waals surface area contributed by atoms with Crippen LogP contribution in [0.3, 0.4) is 0 Å². The molecule has 1 fully saturated rings. The molecule has 0 radical (unpaired) electrons. The van der Waals surface area contributed by atoms with Crippen molar-refractivity contribution in [2.75, 3.05) is 13.1 Å². The molecule has 5 N–H and O–H groups in total. The van der Waals surface area contributed by atoms with Gasteiger partial charge in [-0.25, -0.2) is 4.57 Å². The monoisotopic (exact) mass is 428 g/mol. The van der Waals surface area contributed by atoms with E-state index in [4.69, 9.17) is 9.79 Å². The smallest absolute Gasteiger partial charge is 0.344 e. The zero-order chi connectivity index (χ0) is 20.4. The summed E-state index contributed by atoms with van der Waals surface area (Å²) in [4.78, 5) is 31.6. The number of likely N-dealkylation sites (tertiary alicyclic amines) is 1.